The highest BCUT2D eigenvalue weighted by molar-refractivity contribution is 7.80. The van der Waals surface area contributed by atoms with Crippen LogP contribution >= 0.6 is 23.8 Å². The van der Waals surface area contributed by atoms with E-state index in [2.05, 4.69) is 20.2 Å². The van der Waals surface area contributed by atoms with Gasteiger partial charge in [0.1, 0.15) is 5.82 Å². The number of hydrogen-bond acceptors (Lipinski definition) is 3. The van der Waals surface area contributed by atoms with E-state index < -0.39 is 5.82 Å². The van der Waals surface area contributed by atoms with Crippen LogP contribution in [0.1, 0.15) is 29.2 Å². The largest absolute Gasteiger partial charge is 0.352 e. The van der Waals surface area contributed by atoms with E-state index >= 15 is 0 Å². The molecule has 1 aliphatic heterocycles. The molecule has 0 radical (unpaired) electrons. The third-order valence-corrected chi connectivity index (χ3v) is 6.16. The lowest BCUT2D eigenvalue weighted by Gasteiger charge is -2.28. The minimum atomic E-state index is -0.448. The molecule has 1 aliphatic rings. The van der Waals surface area contributed by atoms with E-state index in [0.717, 1.165) is 22.8 Å². The van der Waals surface area contributed by atoms with Crippen molar-refractivity contribution in [3.05, 3.63) is 113 Å². The molecule has 5 nitrogen and oxygen atoms in total. The topological polar surface area (TPSA) is 46.0 Å². The summed E-state index contributed by atoms with van der Waals surface area (Å²) in [7, 11) is 0. The van der Waals surface area contributed by atoms with Crippen LogP contribution in [-0.4, -0.2) is 24.5 Å². The number of halogens is 2. The molecule has 8 heteroatoms. The molecule has 0 spiro atoms. The second-order valence-electron chi connectivity index (χ2n) is 7.48. The Balaban J connectivity index is 1.61. The van der Waals surface area contributed by atoms with E-state index in [9.17, 15) is 4.39 Å². The molecular weight excluding hydrogens is 445 g/mol. The molecule has 4 aromatic rings. The first-order valence-corrected chi connectivity index (χ1v) is 10.9. The van der Waals surface area contributed by atoms with Crippen molar-refractivity contribution in [2.45, 2.75) is 18.6 Å². The number of pyridine rings is 2. The van der Waals surface area contributed by atoms with Crippen LogP contribution in [0.15, 0.2) is 85.3 Å². The zero-order valence-corrected chi connectivity index (χ0v) is 18.5. The molecule has 0 saturated carbocycles. The fraction of sp³-hybridized carbons (Fsp3) is 0.125. The molecule has 1 fully saturated rings. The monoisotopic (exact) mass is 463 g/mol. The molecule has 1 N–H and O–H groups in total. The predicted octanol–water partition coefficient (Wildman–Crippen LogP) is 5.23. The summed E-state index contributed by atoms with van der Waals surface area (Å²) < 4.78 is 15.8. The lowest BCUT2D eigenvalue weighted by Crippen LogP contribution is -2.30. The maximum atomic E-state index is 13.8. The average molecular weight is 464 g/mol. The number of rotatable bonds is 5. The van der Waals surface area contributed by atoms with Crippen LogP contribution in [0.3, 0.4) is 0 Å². The number of nitrogens with one attached hydrogen (secondary N) is 1. The van der Waals surface area contributed by atoms with Crippen LogP contribution in [-0.2, 0) is 6.54 Å². The second kappa shape index (κ2) is 8.68. The molecular formula is C24H19ClFN5S. The number of hydrogen-bond donors (Lipinski definition) is 1. The minimum Gasteiger partial charge on any atom is -0.352 e. The number of thiocarbonyl (C=S) groups is 1. The summed E-state index contributed by atoms with van der Waals surface area (Å²) in [4.78, 5) is 11.2. The van der Waals surface area contributed by atoms with Gasteiger partial charge in [-0.1, -0.05) is 23.7 Å². The zero-order valence-electron chi connectivity index (χ0n) is 16.9. The molecule has 1 aromatic carbocycles. The van der Waals surface area contributed by atoms with Gasteiger partial charge in [0.05, 0.1) is 35.0 Å². The van der Waals surface area contributed by atoms with Gasteiger partial charge < -0.3 is 14.8 Å². The van der Waals surface area contributed by atoms with Crippen molar-refractivity contribution in [1.82, 2.24) is 24.8 Å². The first-order valence-electron chi connectivity index (χ1n) is 10.1. The molecule has 0 aliphatic carbocycles. The summed E-state index contributed by atoms with van der Waals surface area (Å²) in [6, 6.07) is 20.0. The number of benzene rings is 1. The van der Waals surface area contributed by atoms with Crippen molar-refractivity contribution in [3.8, 4) is 5.69 Å². The third-order valence-electron chi connectivity index (χ3n) is 5.52. The number of nitrogens with zero attached hydrogens (tertiary/aromatic N) is 4. The first kappa shape index (κ1) is 20.6. The summed E-state index contributed by atoms with van der Waals surface area (Å²) in [5, 5.41) is 4.15. The van der Waals surface area contributed by atoms with Gasteiger partial charge in [0, 0.05) is 30.0 Å². The highest BCUT2D eigenvalue weighted by Crippen LogP contribution is 2.40. The SMILES string of the molecule is Fc1ccc(-n2cccc2[C@H]2[C@@H](c3ccccn3)NC(=S)N2Cc2ccccn2)cc1Cl. The Morgan fingerprint density at radius 2 is 1.81 bits per heavy atom. The number of aromatic nitrogens is 3. The van der Waals surface area contributed by atoms with Crippen molar-refractivity contribution < 1.29 is 4.39 Å². The first-order chi connectivity index (χ1) is 15.6. The van der Waals surface area contributed by atoms with Gasteiger partial charge in [0.25, 0.3) is 0 Å². The Bertz CT molecular complexity index is 1250. The standard InChI is InChI=1S/C24H19ClFN5S/c25-18-14-17(9-10-19(18)26)30-13-5-8-21(30)23-22(20-7-2-4-12-28-20)29-24(32)31(23)15-16-6-1-3-11-27-16/h1-14,22-23H,15H2,(H,29,32)/t22-,23+/m1/s1. The molecule has 4 heterocycles. The van der Waals surface area contributed by atoms with Crippen molar-refractivity contribution in [1.29, 1.82) is 0 Å². The van der Waals surface area contributed by atoms with E-state index in [1.54, 1.807) is 24.5 Å². The van der Waals surface area contributed by atoms with Crippen LogP contribution in [0.25, 0.3) is 5.69 Å². The maximum absolute atomic E-state index is 13.8. The van der Waals surface area contributed by atoms with Crippen LogP contribution in [0.2, 0.25) is 5.02 Å². The second-order valence-corrected chi connectivity index (χ2v) is 8.27. The normalized spacial score (nSPS) is 18.1. The molecule has 0 amide bonds. The van der Waals surface area contributed by atoms with Crippen LogP contribution in [0, 0.1) is 5.82 Å². The Hall–Kier alpha value is -3.29. The van der Waals surface area contributed by atoms with E-state index in [-0.39, 0.29) is 17.1 Å². The molecule has 32 heavy (non-hydrogen) atoms. The fourth-order valence-electron chi connectivity index (χ4n) is 4.07. The molecule has 160 valence electrons. The van der Waals surface area contributed by atoms with E-state index in [1.165, 1.54) is 6.07 Å². The van der Waals surface area contributed by atoms with Crippen molar-refractivity contribution in [2.24, 2.45) is 0 Å². The molecule has 5 rings (SSSR count). The van der Waals surface area contributed by atoms with Gasteiger partial charge in [0.2, 0.25) is 0 Å². The Morgan fingerprint density at radius 3 is 2.53 bits per heavy atom. The quantitative estimate of drug-likeness (QED) is 0.410. The molecule has 3 aromatic heterocycles. The Kier molecular flexibility index (Phi) is 5.59. The smallest absolute Gasteiger partial charge is 0.170 e. The predicted molar refractivity (Wildman–Crippen MR) is 126 cm³/mol. The van der Waals surface area contributed by atoms with Crippen molar-refractivity contribution in [3.63, 3.8) is 0 Å². The van der Waals surface area contributed by atoms with E-state index in [4.69, 9.17) is 23.8 Å². The van der Waals surface area contributed by atoms with Gasteiger partial charge in [-0.2, -0.15) is 0 Å². The minimum absolute atomic E-state index is 0.0776. The molecule has 0 bridgehead atoms. The van der Waals surface area contributed by atoms with Crippen LogP contribution < -0.4 is 5.32 Å². The van der Waals surface area contributed by atoms with Gasteiger partial charge in [-0.05, 0) is 66.8 Å². The third kappa shape index (κ3) is 3.85. The van der Waals surface area contributed by atoms with E-state index in [0.29, 0.717) is 11.7 Å². The van der Waals surface area contributed by atoms with Crippen LogP contribution in [0.4, 0.5) is 4.39 Å². The summed E-state index contributed by atoms with van der Waals surface area (Å²) in [5.41, 5.74) is 3.54. The Morgan fingerprint density at radius 1 is 1.00 bits per heavy atom. The lowest BCUT2D eigenvalue weighted by molar-refractivity contribution is 0.299. The molecule has 0 unspecified atom stereocenters. The lowest BCUT2D eigenvalue weighted by atomic mass is 10.0. The van der Waals surface area contributed by atoms with Crippen LogP contribution in [0.5, 0.6) is 0 Å². The zero-order chi connectivity index (χ0) is 22.1. The summed E-state index contributed by atoms with van der Waals surface area (Å²) in [5.74, 6) is -0.448. The van der Waals surface area contributed by atoms with Crippen molar-refractivity contribution >= 4 is 28.9 Å². The molecule has 2 atom stereocenters. The van der Waals surface area contributed by atoms with Gasteiger partial charge >= 0.3 is 0 Å². The summed E-state index contributed by atoms with van der Waals surface area (Å²) in [6.45, 7) is 0.538. The maximum Gasteiger partial charge on any atom is 0.170 e. The summed E-state index contributed by atoms with van der Waals surface area (Å²) >= 11 is 11.8. The van der Waals surface area contributed by atoms with Gasteiger partial charge in [-0.15, -0.1) is 0 Å². The Labute approximate surface area is 195 Å². The summed E-state index contributed by atoms with van der Waals surface area (Å²) in [6.07, 6.45) is 5.49. The van der Waals surface area contributed by atoms with Gasteiger partial charge in [-0.3, -0.25) is 9.97 Å². The fourth-order valence-corrected chi connectivity index (χ4v) is 4.55. The van der Waals surface area contributed by atoms with Crippen molar-refractivity contribution in [2.75, 3.05) is 0 Å². The van der Waals surface area contributed by atoms with E-state index in [1.807, 2.05) is 59.3 Å². The van der Waals surface area contributed by atoms with Gasteiger partial charge in [-0.25, -0.2) is 4.39 Å². The average Bonchev–Trinajstić information content (AvgIpc) is 3.42. The van der Waals surface area contributed by atoms with Gasteiger partial charge in [0.15, 0.2) is 5.11 Å². The highest BCUT2D eigenvalue weighted by atomic mass is 35.5. The highest BCUT2D eigenvalue weighted by Gasteiger charge is 2.41. The molecule has 1 saturated heterocycles.